The fourth-order valence-corrected chi connectivity index (χ4v) is 2.49. The first-order valence-corrected chi connectivity index (χ1v) is 5.69. The molecule has 1 unspecified atom stereocenters. The number of carboxylic acid groups (broad SMARTS) is 1. The highest BCUT2D eigenvalue weighted by atomic mass is 127. The fraction of sp³-hybridized carbons (Fsp3) is 0.250. The second-order valence-corrected chi connectivity index (χ2v) is 4.77. The third-order valence-corrected chi connectivity index (χ3v) is 3.43. The monoisotopic (exact) mass is 316 g/mol. The van der Waals surface area contributed by atoms with Crippen LogP contribution in [0.15, 0.2) is 36.9 Å². The van der Waals surface area contributed by atoms with Gasteiger partial charge >= 0.3 is 5.97 Å². The van der Waals surface area contributed by atoms with E-state index >= 15 is 0 Å². The van der Waals surface area contributed by atoms with Crippen molar-refractivity contribution in [3.05, 3.63) is 46.1 Å². The summed E-state index contributed by atoms with van der Waals surface area (Å²) in [4.78, 5) is 11.3. The second-order valence-electron chi connectivity index (χ2n) is 3.61. The van der Waals surface area contributed by atoms with Crippen molar-refractivity contribution in [2.75, 3.05) is 0 Å². The van der Waals surface area contributed by atoms with E-state index in [9.17, 15) is 9.90 Å². The molecule has 1 aromatic carbocycles. The van der Waals surface area contributed by atoms with Gasteiger partial charge in [-0.15, -0.1) is 6.58 Å². The molecule has 1 rings (SSSR count). The molecule has 2 nitrogen and oxygen atoms in total. The molecule has 0 amide bonds. The van der Waals surface area contributed by atoms with Crippen LogP contribution in [-0.2, 0) is 10.2 Å². The van der Waals surface area contributed by atoms with E-state index in [4.69, 9.17) is 0 Å². The number of carboxylic acids is 1. The van der Waals surface area contributed by atoms with Crippen molar-refractivity contribution in [2.24, 2.45) is 0 Å². The molecule has 3 heteroatoms. The second kappa shape index (κ2) is 4.79. The maximum absolute atomic E-state index is 11.3. The highest BCUT2D eigenvalue weighted by Gasteiger charge is 2.35. The predicted molar refractivity (Wildman–Crippen MR) is 69.0 cm³/mol. The van der Waals surface area contributed by atoms with Gasteiger partial charge in [0.05, 0.1) is 5.41 Å². The van der Waals surface area contributed by atoms with Crippen LogP contribution in [0, 0.1) is 3.57 Å². The highest BCUT2D eigenvalue weighted by Crippen LogP contribution is 2.31. The molecule has 0 saturated carbocycles. The summed E-state index contributed by atoms with van der Waals surface area (Å²) in [5.41, 5.74) is -0.0301. The number of benzene rings is 1. The summed E-state index contributed by atoms with van der Waals surface area (Å²) in [5, 5.41) is 9.29. The Kier molecular flexibility index (Phi) is 3.90. The molecule has 0 bridgehead atoms. The summed E-state index contributed by atoms with van der Waals surface area (Å²) in [6.45, 7) is 5.35. The summed E-state index contributed by atoms with van der Waals surface area (Å²) < 4.78 is 0.974. The third kappa shape index (κ3) is 2.40. The lowest BCUT2D eigenvalue weighted by Gasteiger charge is -2.24. The van der Waals surface area contributed by atoms with Crippen LogP contribution in [0.3, 0.4) is 0 Å². The first kappa shape index (κ1) is 12.2. The highest BCUT2D eigenvalue weighted by molar-refractivity contribution is 14.1. The van der Waals surface area contributed by atoms with Crippen molar-refractivity contribution in [1.29, 1.82) is 0 Å². The van der Waals surface area contributed by atoms with Crippen molar-refractivity contribution >= 4 is 28.6 Å². The maximum atomic E-state index is 11.3. The first-order valence-electron chi connectivity index (χ1n) is 4.61. The Balaban J connectivity index is 3.27. The van der Waals surface area contributed by atoms with Gasteiger partial charge in [-0.05, 0) is 47.6 Å². The van der Waals surface area contributed by atoms with Gasteiger partial charge in [0.2, 0.25) is 0 Å². The van der Waals surface area contributed by atoms with Crippen LogP contribution in [-0.4, -0.2) is 11.1 Å². The lowest BCUT2D eigenvalue weighted by molar-refractivity contribution is -0.143. The van der Waals surface area contributed by atoms with Gasteiger partial charge in [0.15, 0.2) is 0 Å². The molecule has 0 heterocycles. The number of carbonyl (C=O) groups is 1. The average Bonchev–Trinajstić information content (AvgIpc) is 2.18. The summed E-state index contributed by atoms with van der Waals surface area (Å²) in [7, 11) is 0. The molecule has 0 radical (unpaired) electrons. The number of allylic oxidation sites excluding steroid dienone is 1. The lowest BCUT2D eigenvalue weighted by atomic mass is 9.80. The van der Waals surface area contributed by atoms with Gasteiger partial charge in [-0.2, -0.15) is 0 Å². The Morgan fingerprint density at radius 1 is 1.60 bits per heavy atom. The third-order valence-electron chi connectivity index (χ3n) is 2.49. The van der Waals surface area contributed by atoms with Gasteiger partial charge in [0, 0.05) is 3.57 Å². The fourth-order valence-electron chi connectivity index (χ4n) is 1.51. The minimum Gasteiger partial charge on any atom is -0.481 e. The molecule has 0 saturated heterocycles. The van der Waals surface area contributed by atoms with Crippen LogP contribution in [0.4, 0.5) is 0 Å². The molecule has 0 spiro atoms. The van der Waals surface area contributed by atoms with E-state index in [0.717, 1.165) is 9.13 Å². The zero-order valence-corrected chi connectivity index (χ0v) is 10.7. The Labute approximate surface area is 103 Å². The molecule has 15 heavy (non-hydrogen) atoms. The molecule has 1 atom stereocenters. The SMILES string of the molecule is C=CCC(C)(C(=O)O)c1ccccc1I. The quantitative estimate of drug-likeness (QED) is 0.684. The Hall–Kier alpha value is -0.840. The normalized spacial score (nSPS) is 14.3. The molecule has 0 aliphatic rings. The molecule has 0 aliphatic carbocycles. The number of hydrogen-bond donors (Lipinski definition) is 1. The average molecular weight is 316 g/mol. The first-order chi connectivity index (χ1) is 7.02. The van der Waals surface area contributed by atoms with Crippen LogP contribution in [0.5, 0.6) is 0 Å². The summed E-state index contributed by atoms with van der Waals surface area (Å²) in [6, 6.07) is 7.54. The molecule has 0 aliphatic heterocycles. The van der Waals surface area contributed by atoms with E-state index in [2.05, 4.69) is 29.2 Å². The van der Waals surface area contributed by atoms with E-state index in [1.807, 2.05) is 24.3 Å². The lowest BCUT2D eigenvalue weighted by Crippen LogP contribution is -2.32. The smallest absolute Gasteiger partial charge is 0.314 e. The summed E-state index contributed by atoms with van der Waals surface area (Å²) >= 11 is 2.16. The Morgan fingerprint density at radius 2 is 2.20 bits per heavy atom. The van der Waals surface area contributed by atoms with Crippen LogP contribution in [0.2, 0.25) is 0 Å². The molecule has 0 aromatic heterocycles. The van der Waals surface area contributed by atoms with E-state index in [-0.39, 0.29) is 0 Å². The molecular formula is C12H13IO2. The van der Waals surface area contributed by atoms with Crippen molar-refractivity contribution in [3.63, 3.8) is 0 Å². The van der Waals surface area contributed by atoms with E-state index in [1.165, 1.54) is 0 Å². The van der Waals surface area contributed by atoms with Gasteiger partial charge in [0.25, 0.3) is 0 Å². The maximum Gasteiger partial charge on any atom is 0.314 e. The predicted octanol–water partition coefficient (Wildman–Crippen LogP) is 3.21. The van der Waals surface area contributed by atoms with Crippen LogP contribution in [0.1, 0.15) is 18.9 Å². The van der Waals surface area contributed by atoms with Crippen molar-refractivity contribution in [3.8, 4) is 0 Å². The van der Waals surface area contributed by atoms with E-state index < -0.39 is 11.4 Å². The zero-order chi connectivity index (χ0) is 11.5. The van der Waals surface area contributed by atoms with Crippen LogP contribution < -0.4 is 0 Å². The van der Waals surface area contributed by atoms with Crippen LogP contribution >= 0.6 is 22.6 Å². The summed E-state index contributed by atoms with van der Waals surface area (Å²) in [5.74, 6) is -0.813. The van der Waals surface area contributed by atoms with Gasteiger partial charge < -0.3 is 5.11 Å². The van der Waals surface area contributed by atoms with Gasteiger partial charge in [-0.25, -0.2) is 0 Å². The van der Waals surface area contributed by atoms with E-state index in [0.29, 0.717) is 6.42 Å². The number of rotatable bonds is 4. The topological polar surface area (TPSA) is 37.3 Å². The van der Waals surface area contributed by atoms with Crippen molar-refractivity contribution in [2.45, 2.75) is 18.8 Å². The van der Waals surface area contributed by atoms with Crippen LogP contribution in [0.25, 0.3) is 0 Å². The van der Waals surface area contributed by atoms with E-state index in [1.54, 1.807) is 13.0 Å². The van der Waals surface area contributed by atoms with Crippen molar-refractivity contribution in [1.82, 2.24) is 0 Å². The number of aliphatic carboxylic acids is 1. The van der Waals surface area contributed by atoms with Gasteiger partial charge in [0.1, 0.15) is 0 Å². The van der Waals surface area contributed by atoms with Gasteiger partial charge in [-0.1, -0.05) is 24.3 Å². The number of halogens is 1. The number of hydrogen-bond acceptors (Lipinski definition) is 1. The summed E-state index contributed by atoms with van der Waals surface area (Å²) in [6.07, 6.45) is 2.08. The largest absolute Gasteiger partial charge is 0.481 e. The Morgan fingerprint density at radius 3 is 2.67 bits per heavy atom. The molecule has 80 valence electrons. The molecule has 1 aromatic rings. The zero-order valence-electron chi connectivity index (χ0n) is 8.53. The molecule has 1 N–H and O–H groups in total. The Bertz CT molecular complexity index is 387. The van der Waals surface area contributed by atoms with Crippen molar-refractivity contribution < 1.29 is 9.90 Å². The van der Waals surface area contributed by atoms with Gasteiger partial charge in [-0.3, -0.25) is 4.79 Å². The minimum absolute atomic E-state index is 0.433. The standard InChI is InChI=1S/C12H13IO2/c1-3-8-12(2,11(14)15)9-6-4-5-7-10(9)13/h3-7H,1,8H2,2H3,(H,14,15). The molecule has 0 fully saturated rings. The molecular weight excluding hydrogens is 303 g/mol. The minimum atomic E-state index is -0.875.